The largest absolute Gasteiger partial charge is 0.356 e. The minimum absolute atomic E-state index is 0.292. The number of hydrogen-bond acceptors (Lipinski definition) is 3. The zero-order valence-corrected chi connectivity index (χ0v) is 13.4. The molecule has 1 atom stereocenters. The number of aryl methyl sites for hydroxylation is 1. The second-order valence-corrected chi connectivity index (χ2v) is 7.47. The van der Waals surface area contributed by atoms with E-state index in [9.17, 15) is 4.79 Å². The topological polar surface area (TPSA) is 36.4 Å². The Labute approximate surface area is 132 Å². The number of hydrogen-bond donors (Lipinski definition) is 0. The van der Waals surface area contributed by atoms with E-state index in [1.54, 1.807) is 0 Å². The molecule has 0 aromatic carbocycles. The number of anilines is 1. The highest BCUT2D eigenvalue weighted by molar-refractivity contribution is 5.78. The maximum absolute atomic E-state index is 12.2. The minimum atomic E-state index is 0.292. The van der Waals surface area contributed by atoms with Crippen molar-refractivity contribution in [1.29, 1.82) is 0 Å². The van der Waals surface area contributed by atoms with E-state index in [0.717, 1.165) is 38.3 Å². The summed E-state index contributed by atoms with van der Waals surface area (Å²) in [5, 5.41) is 0. The number of aromatic nitrogens is 1. The van der Waals surface area contributed by atoms with Gasteiger partial charge in [-0.2, -0.15) is 0 Å². The molecule has 22 heavy (non-hydrogen) atoms. The van der Waals surface area contributed by atoms with Gasteiger partial charge in [-0.1, -0.05) is 0 Å². The van der Waals surface area contributed by atoms with E-state index in [2.05, 4.69) is 33.8 Å². The fourth-order valence-electron chi connectivity index (χ4n) is 4.19. The number of piperidine rings is 2. The monoisotopic (exact) mass is 299 g/mol. The van der Waals surface area contributed by atoms with Gasteiger partial charge >= 0.3 is 0 Å². The lowest BCUT2D eigenvalue weighted by atomic mass is 9.73. The van der Waals surface area contributed by atoms with E-state index >= 15 is 0 Å². The third-order valence-electron chi connectivity index (χ3n) is 5.57. The van der Waals surface area contributed by atoms with Gasteiger partial charge in [-0.3, -0.25) is 4.79 Å². The van der Waals surface area contributed by atoms with Crippen LogP contribution < -0.4 is 4.90 Å². The molecule has 3 fully saturated rings. The zero-order valence-electron chi connectivity index (χ0n) is 13.4. The number of pyridine rings is 1. The van der Waals surface area contributed by atoms with E-state index in [1.807, 2.05) is 6.20 Å². The second-order valence-electron chi connectivity index (χ2n) is 7.47. The highest BCUT2D eigenvalue weighted by Gasteiger charge is 2.45. The number of nitrogens with zero attached hydrogens (tertiary/aromatic N) is 3. The Balaban J connectivity index is 1.53. The van der Waals surface area contributed by atoms with Crippen molar-refractivity contribution in [3.63, 3.8) is 0 Å². The average Bonchev–Trinajstić information content (AvgIpc) is 3.35. The Bertz CT molecular complexity index is 583. The molecule has 0 N–H and O–H groups in total. The molecule has 1 aliphatic carbocycles. The summed E-state index contributed by atoms with van der Waals surface area (Å²) >= 11 is 0. The molecule has 4 nitrogen and oxygen atoms in total. The highest BCUT2D eigenvalue weighted by atomic mass is 16.2. The van der Waals surface area contributed by atoms with Crippen molar-refractivity contribution >= 4 is 11.7 Å². The molecule has 2 aliphatic heterocycles. The Morgan fingerprint density at radius 2 is 2.14 bits per heavy atom. The number of likely N-dealkylation sites (tertiary alicyclic amines) is 1. The van der Waals surface area contributed by atoms with Crippen molar-refractivity contribution in [2.45, 2.75) is 51.5 Å². The lowest BCUT2D eigenvalue weighted by Crippen LogP contribution is -2.54. The molecule has 3 heterocycles. The third kappa shape index (κ3) is 2.59. The summed E-state index contributed by atoms with van der Waals surface area (Å²) in [6.07, 6.45) is 8.60. The number of carbonyl (C=O) groups excluding carboxylic acids is 1. The maximum Gasteiger partial charge on any atom is 0.222 e. The maximum atomic E-state index is 12.2. The molecule has 118 valence electrons. The first-order chi connectivity index (χ1) is 10.7. The van der Waals surface area contributed by atoms with E-state index in [0.29, 0.717) is 17.4 Å². The fraction of sp³-hybridized carbons (Fsp3) is 0.667. The standard InChI is InChI=1S/C18H25N3O/c1-14-6-9-19-16(11-14)20-10-2-7-18(12-20)8-5-17(22)21(13-18)15-3-4-15/h6,9,11,15H,2-5,7-8,10,12-13H2,1H3/t18-/m0/s1. The smallest absolute Gasteiger partial charge is 0.222 e. The van der Waals surface area contributed by atoms with Crippen LogP contribution in [0, 0.1) is 12.3 Å². The zero-order chi connectivity index (χ0) is 15.2. The number of rotatable bonds is 2. The Morgan fingerprint density at radius 1 is 1.27 bits per heavy atom. The van der Waals surface area contributed by atoms with Crippen LogP contribution in [0.2, 0.25) is 0 Å². The lowest BCUT2D eigenvalue weighted by Gasteiger charge is -2.48. The van der Waals surface area contributed by atoms with Crippen molar-refractivity contribution in [1.82, 2.24) is 9.88 Å². The van der Waals surface area contributed by atoms with Crippen LogP contribution in [-0.2, 0) is 4.79 Å². The van der Waals surface area contributed by atoms with Gasteiger partial charge in [0.05, 0.1) is 0 Å². The summed E-state index contributed by atoms with van der Waals surface area (Å²) in [6.45, 7) is 5.24. The van der Waals surface area contributed by atoms with Crippen molar-refractivity contribution in [3.05, 3.63) is 23.9 Å². The molecule has 0 radical (unpaired) electrons. The van der Waals surface area contributed by atoms with Crippen LogP contribution in [0.3, 0.4) is 0 Å². The van der Waals surface area contributed by atoms with Crippen LogP contribution in [0.1, 0.15) is 44.1 Å². The van der Waals surface area contributed by atoms with Gasteiger partial charge in [-0.15, -0.1) is 0 Å². The molecular formula is C18H25N3O. The van der Waals surface area contributed by atoms with Gasteiger partial charge in [0.15, 0.2) is 0 Å². The van der Waals surface area contributed by atoms with Crippen LogP contribution >= 0.6 is 0 Å². The summed E-state index contributed by atoms with van der Waals surface area (Å²) in [7, 11) is 0. The summed E-state index contributed by atoms with van der Waals surface area (Å²) in [5.41, 5.74) is 1.56. The summed E-state index contributed by atoms with van der Waals surface area (Å²) in [5.74, 6) is 1.49. The van der Waals surface area contributed by atoms with Crippen LogP contribution in [0.4, 0.5) is 5.82 Å². The third-order valence-corrected chi connectivity index (χ3v) is 5.57. The Hall–Kier alpha value is -1.58. The molecule has 1 saturated carbocycles. The van der Waals surface area contributed by atoms with Crippen molar-refractivity contribution in [2.75, 3.05) is 24.5 Å². The number of carbonyl (C=O) groups is 1. The number of amides is 1. The highest BCUT2D eigenvalue weighted by Crippen LogP contribution is 2.43. The lowest BCUT2D eigenvalue weighted by molar-refractivity contribution is -0.138. The molecular weight excluding hydrogens is 274 g/mol. The van der Waals surface area contributed by atoms with Crippen molar-refractivity contribution in [2.24, 2.45) is 5.41 Å². The van der Waals surface area contributed by atoms with Crippen LogP contribution in [0.25, 0.3) is 0 Å². The van der Waals surface area contributed by atoms with Crippen molar-refractivity contribution in [3.8, 4) is 0 Å². The van der Waals surface area contributed by atoms with E-state index < -0.39 is 0 Å². The van der Waals surface area contributed by atoms with Gasteiger partial charge in [0, 0.05) is 43.7 Å². The van der Waals surface area contributed by atoms with Crippen LogP contribution in [-0.4, -0.2) is 41.5 Å². The van der Waals surface area contributed by atoms with Crippen molar-refractivity contribution < 1.29 is 4.79 Å². The Morgan fingerprint density at radius 3 is 2.91 bits per heavy atom. The molecule has 1 aromatic heterocycles. The SMILES string of the molecule is Cc1ccnc(N2CCC[C@]3(CCC(=O)N(C4CC4)C3)C2)c1. The fourth-order valence-corrected chi connectivity index (χ4v) is 4.19. The molecule has 2 saturated heterocycles. The van der Waals surface area contributed by atoms with Gasteiger partial charge in [-0.05, 0) is 56.7 Å². The van der Waals surface area contributed by atoms with Gasteiger partial charge in [0.2, 0.25) is 5.91 Å². The summed E-state index contributed by atoms with van der Waals surface area (Å²) in [6, 6.07) is 4.79. The molecule has 0 unspecified atom stereocenters. The van der Waals surface area contributed by atoms with Gasteiger partial charge < -0.3 is 9.80 Å². The van der Waals surface area contributed by atoms with Gasteiger partial charge in [-0.25, -0.2) is 4.98 Å². The predicted octanol–water partition coefficient (Wildman–Crippen LogP) is 2.76. The quantitative estimate of drug-likeness (QED) is 0.842. The molecule has 0 bridgehead atoms. The van der Waals surface area contributed by atoms with Crippen LogP contribution in [0.5, 0.6) is 0 Å². The van der Waals surface area contributed by atoms with Crippen LogP contribution in [0.15, 0.2) is 18.3 Å². The second kappa shape index (κ2) is 5.25. The van der Waals surface area contributed by atoms with Gasteiger partial charge in [0.1, 0.15) is 5.82 Å². The van der Waals surface area contributed by atoms with E-state index in [1.165, 1.54) is 31.2 Å². The van der Waals surface area contributed by atoms with E-state index in [4.69, 9.17) is 0 Å². The molecule has 3 aliphatic rings. The molecule has 1 spiro atoms. The molecule has 1 amide bonds. The summed E-state index contributed by atoms with van der Waals surface area (Å²) < 4.78 is 0. The first-order valence-corrected chi connectivity index (χ1v) is 8.62. The van der Waals surface area contributed by atoms with Gasteiger partial charge in [0.25, 0.3) is 0 Å². The first-order valence-electron chi connectivity index (χ1n) is 8.62. The Kier molecular flexibility index (Phi) is 3.35. The summed E-state index contributed by atoms with van der Waals surface area (Å²) in [4.78, 5) is 21.4. The molecule has 4 heteroatoms. The minimum Gasteiger partial charge on any atom is -0.356 e. The normalized spacial score (nSPS) is 29.2. The first kappa shape index (κ1) is 14.0. The molecule has 1 aromatic rings. The van der Waals surface area contributed by atoms with E-state index in [-0.39, 0.29) is 0 Å². The molecule has 4 rings (SSSR count). The predicted molar refractivity (Wildman–Crippen MR) is 86.8 cm³/mol. The average molecular weight is 299 g/mol.